The second-order valence-corrected chi connectivity index (χ2v) is 8.97. The number of halogens is 1. The lowest BCUT2D eigenvalue weighted by Crippen LogP contribution is -2.53. The summed E-state index contributed by atoms with van der Waals surface area (Å²) in [5.41, 5.74) is 6.56. The van der Waals surface area contributed by atoms with Crippen LogP contribution in [0.1, 0.15) is 33.1 Å². The van der Waals surface area contributed by atoms with E-state index in [0.717, 1.165) is 37.1 Å². The fraction of sp³-hybridized carbons (Fsp3) is 0.440. The molecule has 3 aliphatic heterocycles. The molecule has 2 amide bonds. The van der Waals surface area contributed by atoms with Crippen molar-refractivity contribution in [1.29, 1.82) is 0 Å². The summed E-state index contributed by atoms with van der Waals surface area (Å²) >= 11 is 0. The van der Waals surface area contributed by atoms with Crippen LogP contribution in [-0.4, -0.2) is 50.2 Å². The van der Waals surface area contributed by atoms with Crippen LogP contribution in [0.5, 0.6) is 0 Å². The fourth-order valence-corrected chi connectivity index (χ4v) is 5.08. The molecule has 3 aliphatic rings. The van der Waals surface area contributed by atoms with Crippen molar-refractivity contribution in [3.63, 3.8) is 0 Å². The van der Waals surface area contributed by atoms with E-state index in [9.17, 15) is 14.0 Å². The maximum absolute atomic E-state index is 14.9. The van der Waals surface area contributed by atoms with Crippen molar-refractivity contribution in [2.24, 2.45) is 0 Å². The van der Waals surface area contributed by atoms with Crippen molar-refractivity contribution in [3.8, 4) is 11.1 Å². The van der Waals surface area contributed by atoms with Gasteiger partial charge in [0.25, 0.3) is 5.91 Å². The van der Waals surface area contributed by atoms with Gasteiger partial charge in [-0.1, -0.05) is 12.1 Å². The summed E-state index contributed by atoms with van der Waals surface area (Å²) < 4.78 is 20.6. The summed E-state index contributed by atoms with van der Waals surface area (Å²) in [5, 5.41) is 1.83. The van der Waals surface area contributed by atoms with Crippen molar-refractivity contribution in [2.45, 2.75) is 45.3 Å². The lowest BCUT2D eigenvalue weighted by molar-refractivity contribution is -0.127. The van der Waals surface area contributed by atoms with Crippen molar-refractivity contribution in [3.05, 3.63) is 42.2 Å². The Labute approximate surface area is 193 Å². The number of carbonyl (C=O) groups is 2. The first kappa shape index (κ1) is 21.9. The number of anilines is 3. The monoisotopic (exact) mass is 452 g/mol. The molecule has 5 rings (SSSR count). The molecule has 0 bridgehead atoms. The second-order valence-electron chi connectivity index (χ2n) is 8.97. The molecule has 1 N–H and O–H groups in total. The number of rotatable bonds is 3. The summed E-state index contributed by atoms with van der Waals surface area (Å²) in [6.07, 6.45) is 2.09. The van der Waals surface area contributed by atoms with Gasteiger partial charge in [0, 0.05) is 33.2 Å². The number of carbonyl (C=O) groups excluding carboxylic acids is 2. The molecular formula is C25H29FN4O3. The standard InChI is InChI=1S/C25H29FN4O3/c1-16-15-28(25(32)24-5-3-12-33-24)23-14-19(7-9-22(23)30(16)17(2)31)18-6-8-21(20(26)13-18)29-11-4-10-27-29/h6-9,13-14,16,24,27H,3-5,10-12,15H2,1-2H3. The van der Waals surface area contributed by atoms with Gasteiger partial charge in [-0.2, -0.15) is 0 Å². The number of fused-ring (bicyclic) bond motifs is 1. The molecule has 2 unspecified atom stereocenters. The van der Waals surface area contributed by atoms with Crippen molar-refractivity contribution in [2.75, 3.05) is 41.0 Å². The first-order chi connectivity index (χ1) is 15.9. The molecule has 0 aromatic heterocycles. The summed E-state index contributed by atoms with van der Waals surface area (Å²) in [5.74, 6) is -0.456. The van der Waals surface area contributed by atoms with E-state index in [-0.39, 0.29) is 23.7 Å². The number of hydrazine groups is 1. The Morgan fingerprint density at radius 1 is 1.06 bits per heavy atom. The SMILES string of the molecule is CC(=O)N1c2ccc(-c3ccc(N4CCCN4)c(F)c3)cc2N(C(=O)C2CCCO2)CC1C. The van der Waals surface area contributed by atoms with Crippen LogP contribution in [0.15, 0.2) is 36.4 Å². The highest BCUT2D eigenvalue weighted by Gasteiger charge is 2.37. The number of hydrogen-bond acceptors (Lipinski definition) is 5. The summed E-state index contributed by atoms with van der Waals surface area (Å²) in [7, 11) is 0. The average Bonchev–Trinajstić information content (AvgIpc) is 3.52. The summed E-state index contributed by atoms with van der Waals surface area (Å²) in [6.45, 7) is 6.06. The van der Waals surface area contributed by atoms with E-state index in [1.165, 1.54) is 13.0 Å². The molecule has 0 spiro atoms. The first-order valence-electron chi connectivity index (χ1n) is 11.6. The van der Waals surface area contributed by atoms with E-state index < -0.39 is 6.10 Å². The molecule has 2 aromatic carbocycles. The van der Waals surface area contributed by atoms with Crippen LogP contribution in [0.2, 0.25) is 0 Å². The van der Waals surface area contributed by atoms with Gasteiger partial charge in [-0.15, -0.1) is 0 Å². The smallest absolute Gasteiger partial charge is 0.256 e. The summed E-state index contributed by atoms with van der Waals surface area (Å²) in [6, 6.07) is 10.7. The Morgan fingerprint density at radius 3 is 2.45 bits per heavy atom. The fourth-order valence-electron chi connectivity index (χ4n) is 5.08. The third-order valence-electron chi connectivity index (χ3n) is 6.66. The van der Waals surface area contributed by atoms with E-state index in [1.54, 1.807) is 15.9 Å². The van der Waals surface area contributed by atoms with E-state index in [4.69, 9.17) is 4.74 Å². The zero-order valence-electron chi connectivity index (χ0n) is 19.0. The van der Waals surface area contributed by atoms with Crippen molar-refractivity contribution >= 4 is 28.9 Å². The molecule has 0 radical (unpaired) electrons. The van der Waals surface area contributed by atoms with E-state index in [1.807, 2.05) is 36.2 Å². The number of nitrogens with zero attached hydrogens (tertiary/aromatic N) is 3. The Kier molecular flexibility index (Phi) is 5.80. The largest absolute Gasteiger partial charge is 0.368 e. The third kappa shape index (κ3) is 3.98. The Balaban J connectivity index is 1.53. The number of amides is 2. The van der Waals surface area contributed by atoms with Crippen LogP contribution >= 0.6 is 0 Å². The number of hydrogen-bond donors (Lipinski definition) is 1. The maximum atomic E-state index is 14.9. The van der Waals surface area contributed by atoms with Crippen LogP contribution in [-0.2, 0) is 14.3 Å². The summed E-state index contributed by atoms with van der Waals surface area (Å²) in [4.78, 5) is 29.2. The quantitative estimate of drug-likeness (QED) is 0.773. The Bertz CT molecular complexity index is 1080. The van der Waals surface area contributed by atoms with E-state index in [2.05, 4.69) is 5.43 Å². The molecule has 7 nitrogen and oxygen atoms in total. The van der Waals surface area contributed by atoms with Gasteiger partial charge in [0.2, 0.25) is 5.91 Å². The molecule has 3 heterocycles. The minimum Gasteiger partial charge on any atom is -0.368 e. The van der Waals surface area contributed by atoms with Crippen molar-refractivity contribution in [1.82, 2.24) is 5.43 Å². The van der Waals surface area contributed by atoms with Gasteiger partial charge in [-0.05, 0) is 61.6 Å². The molecule has 0 saturated carbocycles. The van der Waals surface area contributed by atoms with Crippen LogP contribution in [0, 0.1) is 5.82 Å². The highest BCUT2D eigenvalue weighted by atomic mass is 19.1. The first-order valence-corrected chi connectivity index (χ1v) is 11.6. The van der Waals surface area contributed by atoms with Crippen LogP contribution in [0.25, 0.3) is 11.1 Å². The minimum atomic E-state index is -0.456. The zero-order chi connectivity index (χ0) is 23.1. The van der Waals surface area contributed by atoms with Gasteiger partial charge in [0.05, 0.1) is 23.1 Å². The molecule has 2 fully saturated rings. The average molecular weight is 453 g/mol. The lowest BCUT2D eigenvalue weighted by atomic mass is 9.99. The molecule has 2 atom stereocenters. The van der Waals surface area contributed by atoms with Crippen molar-refractivity contribution < 1.29 is 18.7 Å². The molecule has 33 heavy (non-hydrogen) atoms. The van der Waals surface area contributed by atoms with Gasteiger partial charge < -0.3 is 19.5 Å². The maximum Gasteiger partial charge on any atom is 0.256 e. The van der Waals surface area contributed by atoms with Gasteiger partial charge in [-0.25, -0.2) is 9.82 Å². The van der Waals surface area contributed by atoms with Crippen LogP contribution in [0.4, 0.5) is 21.5 Å². The van der Waals surface area contributed by atoms with Gasteiger partial charge in [-0.3, -0.25) is 9.59 Å². The van der Waals surface area contributed by atoms with Crippen LogP contribution < -0.4 is 20.2 Å². The van der Waals surface area contributed by atoms with Gasteiger partial charge in [0.1, 0.15) is 11.9 Å². The number of benzene rings is 2. The molecule has 2 aromatic rings. The predicted octanol–water partition coefficient (Wildman–Crippen LogP) is 3.47. The second kappa shape index (κ2) is 8.76. The predicted molar refractivity (Wildman–Crippen MR) is 126 cm³/mol. The molecule has 0 aliphatic carbocycles. The minimum absolute atomic E-state index is 0.0748. The third-order valence-corrected chi connectivity index (χ3v) is 6.66. The molecule has 8 heteroatoms. The van der Waals surface area contributed by atoms with E-state index in [0.29, 0.717) is 36.6 Å². The normalized spacial score (nSPS) is 22.6. The molecule has 174 valence electrons. The van der Waals surface area contributed by atoms with E-state index >= 15 is 0 Å². The Morgan fingerprint density at radius 2 is 1.82 bits per heavy atom. The topological polar surface area (TPSA) is 65.1 Å². The highest BCUT2D eigenvalue weighted by Crippen LogP contribution is 2.40. The van der Waals surface area contributed by atoms with Gasteiger partial charge >= 0.3 is 0 Å². The van der Waals surface area contributed by atoms with Gasteiger partial charge in [0.15, 0.2) is 0 Å². The number of nitrogens with one attached hydrogen (secondary N) is 1. The highest BCUT2D eigenvalue weighted by molar-refractivity contribution is 6.06. The molecule has 2 saturated heterocycles. The number of ether oxygens (including phenoxy) is 1. The lowest BCUT2D eigenvalue weighted by Gasteiger charge is -2.41. The van der Waals surface area contributed by atoms with Crippen LogP contribution in [0.3, 0.4) is 0 Å². The molecular weight excluding hydrogens is 423 g/mol. The zero-order valence-corrected chi connectivity index (χ0v) is 19.0. The Hall–Kier alpha value is -2.97.